The van der Waals surface area contributed by atoms with E-state index < -0.39 is 5.54 Å². The van der Waals surface area contributed by atoms with Crippen LogP contribution >= 0.6 is 12.4 Å². The van der Waals surface area contributed by atoms with Crippen LogP contribution in [0, 0.1) is 0 Å². The van der Waals surface area contributed by atoms with Crippen LogP contribution in [0.1, 0.15) is 52.4 Å². The van der Waals surface area contributed by atoms with Gasteiger partial charge in [-0.3, -0.25) is 4.79 Å². The molecule has 1 aliphatic carbocycles. The van der Waals surface area contributed by atoms with Crippen molar-refractivity contribution < 1.29 is 9.53 Å². The fourth-order valence-electron chi connectivity index (χ4n) is 3.15. The molecule has 0 bridgehead atoms. The van der Waals surface area contributed by atoms with Crippen molar-refractivity contribution in [2.45, 2.75) is 70.1 Å². The molecular weight excluding hydrogens is 264 g/mol. The summed E-state index contributed by atoms with van der Waals surface area (Å²) in [6.07, 6.45) is 6.31. The molecule has 1 heterocycles. The standard InChI is InChI=1S/C14H26N2O2.ClH/c1-3-12-10-16(9-11(2)18-12)13(17)14(15)7-5-4-6-8-14;/h11-12H,3-10,15H2,1-2H3;1H. The second-order valence-corrected chi connectivity index (χ2v) is 5.90. The lowest BCUT2D eigenvalue weighted by atomic mass is 9.81. The predicted octanol–water partition coefficient (Wildman–Crippen LogP) is 2.10. The molecular formula is C14H27ClN2O2. The number of hydrogen-bond acceptors (Lipinski definition) is 3. The normalized spacial score (nSPS) is 30.6. The van der Waals surface area contributed by atoms with Gasteiger partial charge in [-0.25, -0.2) is 0 Å². The van der Waals surface area contributed by atoms with Crippen LogP contribution in [0.5, 0.6) is 0 Å². The lowest BCUT2D eigenvalue weighted by molar-refractivity contribution is -0.151. The smallest absolute Gasteiger partial charge is 0.242 e. The van der Waals surface area contributed by atoms with E-state index in [2.05, 4.69) is 6.92 Å². The van der Waals surface area contributed by atoms with Crippen molar-refractivity contribution in [3.05, 3.63) is 0 Å². The molecule has 2 fully saturated rings. The Kier molecular flexibility index (Phi) is 6.09. The number of morpholine rings is 1. The maximum Gasteiger partial charge on any atom is 0.242 e. The summed E-state index contributed by atoms with van der Waals surface area (Å²) < 4.78 is 5.80. The monoisotopic (exact) mass is 290 g/mol. The summed E-state index contributed by atoms with van der Waals surface area (Å²) in [6.45, 7) is 5.53. The van der Waals surface area contributed by atoms with Crippen LogP contribution in [0.25, 0.3) is 0 Å². The molecule has 4 nitrogen and oxygen atoms in total. The molecule has 0 aromatic rings. The SMILES string of the molecule is CCC1CN(C(=O)C2(N)CCCCC2)CC(C)O1.Cl. The first-order valence-electron chi connectivity index (χ1n) is 7.29. The highest BCUT2D eigenvalue weighted by molar-refractivity contribution is 5.86. The van der Waals surface area contributed by atoms with Crippen LogP contribution < -0.4 is 5.73 Å². The summed E-state index contributed by atoms with van der Waals surface area (Å²) in [5.74, 6) is 0.149. The van der Waals surface area contributed by atoms with Gasteiger partial charge in [0.2, 0.25) is 5.91 Å². The zero-order valence-electron chi connectivity index (χ0n) is 12.1. The number of carbonyl (C=O) groups is 1. The van der Waals surface area contributed by atoms with Crippen molar-refractivity contribution >= 4 is 18.3 Å². The van der Waals surface area contributed by atoms with Gasteiger partial charge in [-0.15, -0.1) is 12.4 Å². The number of carbonyl (C=O) groups excluding carboxylic acids is 1. The summed E-state index contributed by atoms with van der Waals surface area (Å²) in [5, 5.41) is 0. The number of nitrogens with two attached hydrogens (primary N) is 1. The van der Waals surface area contributed by atoms with Gasteiger partial charge in [0.15, 0.2) is 0 Å². The second kappa shape index (κ2) is 6.91. The molecule has 1 amide bonds. The van der Waals surface area contributed by atoms with Crippen molar-refractivity contribution in [3.8, 4) is 0 Å². The van der Waals surface area contributed by atoms with Crippen LogP contribution in [-0.4, -0.2) is 41.6 Å². The van der Waals surface area contributed by atoms with Crippen LogP contribution in [0.3, 0.4) is 0 Å². The minimum absolute atomic E-state index is 0. The molecule has 0 radical (unpaired) electrons. The lowest BCUT2D eigenvalue weighted by Crippen LogP contribution is -2.60. The zero-order valence-corrected chi connectivity index (χ0v) is 12.9. The summed E-state index contributed by atoms with van der Waals surface area (Å²) in [5.41, 5.74) is 5.73. The minimum atomic E-state index is -0.604. The molecule has 0 spiro atoms. The van der Waals surface area contributed by atoms with Crippen molar-refractivity contribution in [3.63, 3.8) is 0 Å². The summed E-state index contributed by atoms with van der Waals surface area (Å²) >= 11 is 0. The molecule has 112 valence electrons. The molecule has 2 aliphatic rings. The molecule has 2 unspecified atom stereocenters. The van der Waals surface area contributed by atoms with Gasteiger partial charge in [0.25, 0.3) is 0 Å². The molecule has 19 heavy (non-hydrogen) atoms. The summed E-state index contributed by atoms with van der Waals surface area (Å²) in [7, 11) is 0. The van der Waals surface area contributed by atoms with Gasteiger partial charge in [-0.2, -0.15) is 0 Å². The predicted molar refractivity (Wildman–Crippen MR) is 78.5 cm³/mol. The van der Waals surface area contributed by atoms with Gasteiger partial charge in [0.05, 0.1) is 17.7 Å². The maximum absolute atomic E-state index is 12.6. The largest absolute Gasteiger partial charge is 0.372 e. The Morgan fingerprint density at radius 3 is 2.53 bits per heavy atom. The number of nitrogens with zero attached hydrogens (tertiary/aromatic N) is 1. The van der Waals surface area contributed by atoms with E-state index in [1.54, 1.807) is 0 Å². The molecule has 2 atom stereocenters. The van der Waals surface area contributed by atoms with Gasteiger partial charge in [0, 0.05) is 13.1 Å². The average Bonchev–Trinajstić information content (AvgIpc) is 2.38. The van der Waals surface area contributed by atoms with E-state index in [4.69, 9.17) is 10.5 Å². The number of amides is 1. The molecule has 5 heteroatoms. The Balaban J connectivity index is 0.00000180. The van der Waals surface area contributed by atoms with Gasteiger partial charge >= 0.3 is 0 Å². The quantitative estimate of drug-likeness (QED) is 0.847. The van der Waals surface area contributed by atoms with E-state index >= 15 is 0 Å². The van der Waals surface area contributed by atoms with Gasteiger partial charge in [0.1, 0.15) is 0 Å². The van der Waals surface area contributed by atoms with E-state index in [9.17, 15) is 4.79 Å². The van der Waals surface area contributed by atoms with Gasteiger partial charge < -0.3 is 15.4 Å². The highest BCUT2D eigenvalue weighted by Gasteiger charge is 2.40. The molecule has 1 saturated carbocycles. The number of halogens is 1. The summed E-state index contributed by atoms with van der Waals surface area (Å²) in [4.78, 5) is 14.6. The minimum Gasteiger partial charge on any atom is -0.372 e. The second-order valence-electron chi connectivity index (χ2n) is 5.90. The Morgan fingerprint density at radius 2 is 1.95 bits per heavy atom. The Morgan fingerprint density at radius 1 is 1.32 bits per heavy atom. The molecule has 1 aliphatic heterocycles. The number of rotatable bonds is 2. The van der Waals surface area contributed by atoms with Crippen LogP contribution in [0.2, 0.25) is 0 Å². The first kappa shape index (κ1) is 16.7. The van der Waals surface area contributed by atoms with Gasteiger partial charge in [-0.05, 0) is 26.2 Å². The maximum atomic E-state index is 12.6. The van der Waals surface area contributed by atoms with E-state index in [-0.39, 0.29) is 30.5 Å². The molecule has 2 rings (SSSR count). The third-order valence-electron chi connectivity index (χ3n) is 4.24. The van der Waals surface area contributed by atoms with Crippen LogP contribution in [0.4, 0.5) is 0 Å². The first-order chi connectivity index (χ1) is 8.55. The zero-order chi connectivity index (χ0) is 13.2. The van der Waals surface area contributed by atoms with E-state index in [1.165, 1.54) is 6.42 Å². The van der Waals surface area contributed by atoms with E-state index in [0.29, 0.717) is 13.1 Å². The fourth-order valence-corrected chi connectivity index (χ4v) is 3.15. The first-order valence-corrected chi connectivity index (χ1v) is 7.29. The molecule has 1 saturated heterocycles. The molecule has 0 aromatic carbocycles. The Bertz CT molecular complexity index is 306. The van der Waals surface area contributed by atoms with Crippen LogP contribution in [-0.2, 0) is 9.53 Å². The van der Waals surface area contributed by atoms with E-state index in [1.807, 2.05) is 11.8 Å². The van der Waals surface area contributed by atoms with Gasteiger partial charge in [-0.1, -0.05) is 26.2 Å². The van der Waals surface area contributed by atoms with Crippen molar-refractivity contribution in [2.75, 3.05) is 13.1 Å². The Hall–Kier alpha value is -0.320. The number of ether oxygens (including phenoxy) is 1. The molecule has 0 aromatic heterocycles. The highest BCUT2D eigenvalue weighted by atomic mass is 35.5. The lowest BCUT2D eigenvalue weighted by Gasteiger charge is -2.42. The molecule has 2 N–H and O–H groups in total. The van der Waals surface area contributed by atoms with Crippen molar-refractivity contribution in [2.24, 2.45) is 5.73 Å². The van der Waals surface area contributed by atoms with Crippen molar-refractivity contribution in [1.29, 1.82) is 0 Å². The third-order valence-corrected chi connectivity index (χ3v) is 4.24. The summed E-state index contributed by atoms with van der Waals surface area (Å²) in [6, 6.07) is 0. The topological polar surface area (TPSA) is 55.6 Å². The number of hydrogen-bond donors (Lipinski definition) is 1. The fraction of sp³-hybridized carbons (Fsp3) is 0.929. The van der Waals surface area contributed by atoms with E-state index in [0.717, 1.165) is 32.1 Å². The Labute approximate surface area is 122 Å². The van der Waals surface area contributed by atoms with Crippen molar-refractivity contribution in [1.82, 2.24) is 4.90 Å². The third kappa shape index (κ3) is 3.83. The van der Waals surface area contributed by atoms with Crippen LogP contribution in [0.15, 0.2) is 0 Å². The average molecular weight is 291 g/mol. The highest BCUT2D eigenvalue weighted by Crippen LogP contribution is 2.29.